The zero-order valence-electron chi connectivity index (χ0n) is 4.98. The van der Waals surface area contributed by atoms with Gasteiger partial charge in [-0.15, -0.1) is 0 Å². The van der Waals surface area contributed by atoms with Crippen molar-refractivity contribution in [1.29, 1.82) is 0 Å². The van der Waals surface area contributed by atoms with Gasteiger partial charge in [-0.1, -0.05) is 11.1 Å². The van der Waals surface area contributed by atoms with Gasteiger partial charge in [0.15, 0.2) is 0 Å². The third-order valence-corrected chi connectivity index (χ3v) is 3.24. The first-order chi connectivity index (χ1) is 3.97. The second-order valence-corrected chi connectivity index (χ2v) is 3.34. The Hall–Kier alpha value is -0.260. The zero-order chi connectivity index (χ0) is 5.14. The molecule has 0 aromatic rings. The van der Waals surface area contributed by atoms with Gasteiger partial charge in [-0.3, -0.25) is 0 Å². The summed E-state index contributed by atoms with van der Waals surface area (Å²) >= 11 is 0. The second-order valence-electron chi connectivity index (χ2n) is 3.34. The van der Waals surface area contributed by atoms with Gasteiger partial charge in [-0.05, 0) is 37.5 Å². The maximum atomic E-state index is 1.88. The third-order valence-electron chi connectivity index (χ3n) is 3.24. The van der Waals surface area contributed by atoms with Crippen LogP contribution in [0.5, 0.6) is 0 Å². The van der Waals surface area contributed by atoms with Gasteiger partial charge in [0, 0.05) is 0 Å². The molecule has 0 amide bonds. The van der Waals surface area contributed by atoms with Gasteiger partial charge in [-0.25, -0.2) is 0 Å². The van der Waals surface area contributed by atoms with Crippen LogP contribution in [0.15, 0.2) is 11.1 Å². The van der Waals surface area contributed by atoms with Crippen molar-refractivity contribution < 1.29 is 0 Å². The van der Waals surface area contributed by atoms with Gasteiger partial charge in [-0.2, -0.15) is 0 Å². The molecule has 0 heterocycles. The fraction of sp³-hybridized carbons (Fsp3) is 0.750. The highest BCUT2D eigenvalue weighted by Crippen LogP contribution is 2.62. The molecule has 0 heteroatoms. The lowest BCUT2D eigenvalue weighted by molar-refractivity contribution is 0.498. The van der Waals surface area contributed by atoms with Gasteiger partial charge in [0.05, 0.1) is 0 Å². The van der Waals surface area contributed by atoms with E-state index in [-0.39, 0.29) is 0 Å². The van der Waals surface area contributed by atoms with Crippen LogP contribution >= 0.6 is 0 Å². The normalized spacial score (nSPS) is 48.0. The minimum Gasteiger partial charge on any atom is -0.0670 e. The number of rotatable bonds is 0. The predicted molar refractivity (Wildman–Crippen MR) is 32.5 cm³/mol. The van der Waals surface area contributed by atoms with Gasteiger partial charge in [0.1, 0.15) is 0 Å². The molecule has 4 bridgehead atoms. The topological polar surface area (TPSA) is 0 Å². The van der Waals surface area contributed by atoms with E-state index < -0.39 is 0 Å². The first kappa shape index (κ1) is 3.71. The Morgan fingerprint density at radius 1 is 0.875 bits per heavy atom. The van der Waals surface area contributed by atoms with Crippen LogP contribution in [0.1, 0.15) is 25.7 Å². The Bertz CT molecular complexity index is 156. The number of hydrogen-bond donors (Lipinski definition) is 0. The summed E-state index contributed by atoms with van der Waals surface area (Å²) in [5, 5.41) is 0. The SMILES string of the molecule is C1CC2C3=C1C2CC3. The Balaban J connectivity index is 2.23. The van der Waals surface area contributed by atoms with Crippen molar-refractivity contribution in [2.75, 3.05) is 0 Å². The summed E-state index contributed by atoms with van der Waals surface area (Å²) in [4.78, 5) is 0. The van der Waals surface area contributed by atoms with Crippen molar-refractivity contribution in [2.45, 2.75) is 25.7 Å². The van der Waals surface area contributed by atoms with Crippen molar-refractivity contribution in [2.24, 2.45) is 11.8 Å². The van der Waals surface area contributed by atoms with Crippen LogP contribution in [-0.2, 0) is 0 Å². The van der Waals surface area contributed by atoms with Crippen molar-refractivity contribution in [3.05, 3.63) is 11.1 Å². The van der Waals surface area contributed by atoms with Gasteiger partial charge in [0.25, 0.3) is 0 Å². The molecule has 0 radical (unpaired) electrons. The van der Waals surface area contributed by atoms with E-state index >= 15 is 0 Å². The van der Waals surface area contributed by atoms with Crippen molar-refractivity contribution in [3.8, 4) is 0 Å². The summed E-state index contributed by atoms with van der Waals surface area (Å²) in [5.41, 5.74) is 3.77. The lowest BCUT2D eigenvalue weighted by Crippen LogP contribution is -2.11. The molecule has 0 nitrogen and oxygen atoms in total. The fourth-order valence-electron chi connectivity index (χ4n) is 2.93. The molecule has 42 valence electrons. The van der Waals surface area contributed by atoms with Gasteiger partial charge < -0.3 is 0 Å². The van der Waals surface area contributed by atoms with Gasteiger partial charge >= 0.3 is 0 Å². The summed E-state index contributed by atoms with van der Waals surface area (Å²) in [6.07, 6.45) is 6.00. The van der Waals surface area contributed by atoms with Crippen LogP contribution in [0.4, 0.5) is 0 Å². The molecule has 5 aliphatic rings. The molecule has 0 aliphatic heterocycles. The van der Waals surface area contributed by atoms with Crippen LogP contribution < -0.4 is 0 Å². The first-order valence-electron chi connectivity index (χ1n) is 3.68. The minimum absolute atomic E-state index is 1.12. The molecule has 0 saturated heterocycles. The number of allylic oxidation sites excluding steroid dienone is 2. The van der Waals surface area contributed by atoms with E-state index in [1.54, 1.807) is 0 Å². The summed E-state index contributed by atoms with van der Waals surface area (Å²) < 4.78 is 0. The monoisotopic (exact) mass is 106 g/mol. The molecule has 8 heavy (non-hydrogen) atoms. The molecule has 5 aliphatic carbocycles. The highest BCUT2D eigenvalue weighted by atomic mass is 14.5. The summed E-state index contributed by atoms with van der Waals surface area (Å²) in [7, 11) is 0. The fourth-order valence-corrected chi connectivity index (χ4v) is 2.93. The third kappa shape index (κ3) is 0.195. The predicted octanol–water partition coefficient (Wildman–Crippen LogP) is 2.12. The average Bonchev–Trinajstić information content (AvgIpc) is 2.39. The van der Waals surface area contributed by atoms with Crippen molar-refractivity contribution in [1.82, 2.24) is 0 Å². The lowest BCUT2D eigenvalue weighted by atomic mass is 9.83. The molecule has 2 atom stereocenters. The first-order valence-corrected chi connectivity index (χ1v) is 3.68. The molecule has 0 aromatic carbocycles. The molecule has 2 fully saturated rings. The molecular weight excluding hydrogens is 96.1 g/mol. The standard InChI is InChI=1S/C8H10/c1-2-6-7-3-4-8(6)5(1)7/h5,7H,1-4H2. The van der Waals surface area contributed by atoms with Crippen molar-refractivity contribution in [3.63, 3.8) is 0 Å². The maximum absolute atomic E-state index is 1.88. The van der Waals surface area contributed by atoms with Crippen LogP contribution in [0.2, 0.25) is 0 Å². The Morgan fingerprint density at radius 2 is 1.38 bits per heavy atom. The highest BCUT2D eigenvalue weighted by molar-refractivity contribution is 5.42. The van der Waals surface area contributed by atoms with Crippen LogP contribution in [0.3, 0.4) is 0 Å². The number of hydrogen-bond acceptors (Lipinski definition) is 0. The zero-order valence-corrected chi connectivity index (χ0v) is 4.98. The average molecular weight is 106 g/mol. The highest BCUT2D eigenvalue weighted by Gasteiger charge is 2.49. The quantitative estimate of drug-likeness (QED) is 0.415. The maximum Gasteiger partial charge on any atom is -0.0132 e. The van der Waals surface area contributed by atoms with E-state index in [0.717, 1.165) is 11.8 Å². The van der Waals surface area contributed by atoms with E-state index in [2.05, 4.69) is 0 Å². The molecular formula is C8H10. The molecule has 5 rings (SSSR count). The van der Waals surface area contributed by atoms with Crippen LogP contribution in [0, 0.1) is 11.8 Å². The van der Waals surface area contributed by atoms with E-state index in [9.17, 15) is 0 Å². The van der Waals surface area contributed by atoms with E-state index in [4.69, 9.17) is 0 Å². The second kappa shape index (κ2) is 0.896. The Labute approximate surface area is 49.6 Å². The van der Waals surface area contributed by atoms with Gasteiger partial charge in [0.2, 0.25) is 0 Å². The van der Waals surface area contributed by atoms with Crippen LogP contribution in [0.25, 0.3) is 0 Å². The molecule has 0 N–H and O–H groups in total. The van der Waals surface area contributed by atoms with E-state index in [1.165, 1.54) is 25.7 Å². The molecule has 0 aromatic heterocycles. The number of fused-ring (bicyclic) bond motifs is 2. The Kier molecular flexibility index (Phi) is 0.415. The van der Waals surface area contributed by atoms with Crippen molar-refractivity contribution >= 4 is 0 Å². The van der Waals surface area contributed by atoms with E-state index in [0.29, 0.717) is 0 Å². The summed E-state index contributed by atoms with van der Waals surface area (Å²) in [6.45, 7) is 0. The molecule has 2 unspecified atom stereocenters. The molecule has 2 saturated carbocycles. The summed E-state index contributed by atoms with van der Waals surface area (Å²) in [6, 6.07) is 0. The smallest absolute Gasteiger partial charge is 0.0132 e. The summed E-state index contributed by atoms with van der Waals surface area (Å²) in [5.74, 6) is 2.23. The minimum atomic E-state index is 1.12. The van der Waals surface area contributed by atoms with E-state index in [1.807, 2.05) is 11.1 Å². The molecule has 0 spiro atoms. The lowest BCUT2D eigenvalue weighted by Gasteiger charge is -2.22. The Morgan fingerprint density at radius 3 is 1.62 bits per heavy atom. The van der Waals surface area contributed by atoms with Crippen LogP contribution in [-0.4, -0.2) is 0 Å². The largest absolute Gasteiger partial charge is 0.0670 e.